The van der Waals surface area contributed by atoms with Crippen LogP contribution in [0.4, 0.5) is 11.4 Å². The minimum atomic E-state index is -0.488. The van der Waals surface area contributed by atoms with Crippen molar-refractivity contribution in [3.8, 4) is 0 Å². The highest BCUT2D eigenvalue weighted by Gasteiger charge is 2.18. The van der Waals surface area contributed by atoms with Gasteiger partial charge in [-0.2, -0.15) is 0 Å². The first-order valence-electron chi connectivity index (χ1n) is 8.22. The Morgan fingerprint density at radius 2 is 1.84 bits per heavy atom. The first-order valence-corrected chi connectivity index (χ1v) is 8.22. The Morgan fingerprint density at radius 1 is 1.08 bits per heavy atom. The van der Waals surface area contributed by atoms with Gasteiger partial charge in [-0.05, 0) is 49.6 Å². The van der Waals surface area contributed by atoms with Crippen molar-refractivity contribution in [2.75, 3.05) is 5.32 Å². The third-order valence-corrected chi connectivity index (χ3v) is 4.55. The molecule has 0 saturated heterocycles. The summed E-state index contributed by atoms with van der Waals surface area (Å²) in [5, 5.41) is 14.6. The third-order valence-electron chi connectivity index (χ3n) is 4.55. The Kier molecular flexibility index (Phi) is 3.72. The summed E-state index contributed by atoms with van der Waals surface area (Å²) in [4.78, 5) is 22.6. The van der Waals surface area contributed by atoms with E-state index < -0.39 is 4.92 Å². The van der Waals surface area contributed by atoms with E-state index >= 15 is 0 Å². The Hall–Kier alpha value is -3.15. The molecule has 2 aromatic carbocycles. The van der Waals surface area contributed by atoms with Crippen LogP contribution in [0, 0.1) is 10.1 Å². The lowest BCUT2D eigenvalue weighted by molar-refractivity contribution is -0.384. The predicted molar refractivity (Wildman–Crippen MR) is 93.9 cm³/mol. The minimum Gasteiger partial charge on any atom is -0.461 e. The van der Waals surface area contributed by atoms with Gasteiger partial charge in [0.25, 0.3) is 11.6 Å². The van der Waals surface area contributed by atoms with Gasteiger partial charge in [-0.3, -0.25) is 14.9 Å². The fourth-order valence-corrected chi connectivity index (χ4v) is 3.28. The molecule has 3 aromatic rings. The second-order valence-electron chi connectivity index (χ2n) is 6.18. The van der Waals surface area contributed by atoms with Crippen LogP contribution in [0.15, 0.2) is 46.9 Å². The van der Waals surface area contributed by atoms with Gasteiger partial charge in [0, 0.05) is 40.8 Å². The topological polar surface area (TPSA) is 85.4 Å². The lowest BCUT2D eigenvalue weighted by atomic mass is 9.96. The first-order chi connectivity index (χ1) is 12.1. The van der Waals surface area contributed by atoms with Gasteiger partial charge in [-0.1, -0.05) is 0 Å². The van der Waals surface area contributed by atoms with Gasteiger partial charge in [0.2, 0.25) is 0 Å². The summed E-state index contributed by atoms with van der Waals surface area (Å²) in [7, 11) is 0. The molecule has 1 heterocycles. The van der Waals surface area contributed by atoms with Gasteiger partial charge >= 0.3 is 0 Å². The van der Waals surface area contributed by atoms with E-state index in [-0.39, 0.29) is 11.6 Å². The molecule has 1 amide bonds. The zero-order valence-corrected chi connectivity index (χ0v) is 13.5. The maximum absolute atomic E-state index is 12.4. The summed E-state index contributed by atoms with van der Waals surface area (Å²) < 4.78 is 5.89. The number of rotatable bonds is 3. The molecule has 1 N–H and O–H groups in total. The number of amides is 1. The number of aryl methyl sites for hydroxylation is 2. The Morgan fingerprint density at radius 3 is 2.60 bits per heavy atom. The Labute approximate surface area is 143 Å². The van der Waals surface area contributed by atoms with Gasteiger partial charge in [-0.25, -0.2) is 0 Å². The molecule has 6 heteroatoms. The number of non-ortho nitro benzene ring substituents is 1. The van der Waals surface area contributed by atoms with Gasteiger partial charge in [0.15, 0.2) is 0 Å². The van der Waals surface area contributed by atoms with Crippen LogP contribution in [0.3, 0.4) is 0 Å². The van der Waals surface area contributed by atoms with E-state index in [1.165, 1.54) is 29.8 Å². The molecule has 0 saturated carbocycles. The zero-order valence-electron chi connectivity index (χ0n) is 13.5. The molecule has 0 fully saturated rings. The van der Waals surface area contributed by atoms with Crippen LogP contribution in [0.25, 0.3) is 11.0 Å². The molecule has 1 aliphatic rings. The molecule has 0 aliphatic heterocycles. The van der Waals surface area contributed by atoms with Gasteiger partial charge in [-0.15, -0.1) is 0 Å². The molecule has 0 radical (unpaired) electrons. The summed E-state index contributed by atoms with van der Waals surface area (Å²) >= 11 is 0. The first kappa shape index (κ1) is 15.4. The van der Waals surface area contributed by atoms with Crippen LogP contribution in [0.2, 0.25) is 0 Å². The highest BCUT2D eigenvalue weighted by atomic mass is 16.6. The number of hydrogen-bond donors (Lipinski definition) is 1. The monoisotopic (exact) mass is 336 g/mol. The van der Waals surface area contributed by atoms with Crippen molar-refractivity contribution in [1.82, 2.24) is 0 Å². The Balaban J connectivity index is 1.59. The molecule has 126 valence electrons. The van der Waals surface area contributed by atoms with Crippen molar-refractivity contribution in [3.63, 3.8) is 0 Å². The number of nitrogens with zero attached hydrogens (tertiary/aromatic N) is 1. The molecular formula is C19H16N2O4. The summed E-state index contributed by atoms with van der Waals surface area (Å²) in [5.74, 6) is 0.756. The number of carbonyl (C=O) groups is 1. The molecule has 1 aliphatic carbocycles. The van der Waals surface area contributed by atoms with Crippen molar-refractivity contribution < 1.29 is 14.1 Å². The molecule has 0 unspecified atom stereocenters. The highest BCUT2D eigenvalue weighted by Crippen LogP contribution is 2.33. The van der Waals surface area contributed by atoms with Crippen LogP contribution in [0.5, 0.6) is 0 Å². The van der Waals surface area contributed by atoms with Crippen molar-refractivity contribution in [2.24, 2.45) is 0 Å². The molecule has 0 spiro atoms. The molecule has 0 atom stereocenters. The van der Waals surface area contributed by atoms with Crippen LogP contribution in [0.1, 0.15) is 34.5 Å². The van der Waals surface area contributed by atoms with E-state index in [0.29, 0.717) is 11.3 Å². The summed E-state index contributed by atoms with van der Waals surface area (Å²) in [5.41, 5.74) is 3.11. The molecule has 0 bridgehead atoms. The quantitative estimate of drug-likeness (QED) is 0.565. The number of carbonyl (C=O) groups excluding carboxylic acids is 1. The number of anilines is 1. The average Bonchev–Trinajstić information content (AvgIpc) is 3.00. The van der Waals surface area contributed by atoms with E-state index in [9.17, 15) is 14.9 Å². The van der Waals surface area contributed by atoms with E-state index in [1.54, 1.807) is 6.07 Å². The number of furan rings is 1. The Bertz CT molecular complexity index is 973. The lowest BCUT2D eigenvalue weighted by Gasteiger charge is -2.09. The SMILES string of the molecule is O=C(Nc1ccc2oc3c(c2c1)CCCC3)c1ccc([N+](=O)[O-])cc1. The van der Waals surface area contributed by atoms with Gasteiger partial charge in [0.05, 0.1) is 4.92 Å². The van der Waals surface area contributed by atoms with Crippen molar-refractivity contribution in [1.29, 1.82) is 0 Å². The molecule has 25 heavy (non-hydrogen) atoms. The van der Waals surface area contributed by atoms with E-state index in [0.717, 1.165) is 42.4 Å². The summed E-state index contributed by atoms with van der Waals surface area (Å²) in [6, 6.07) is 11.2. The van der Waals surface area contributed by atoms with Crippen LogP contribution < -0.4 is 5.32 Å². The zero-order chi connectivity index (χ0) is 17.4. The third kappa shape index (κ3) is 2.87. The number of hydrogen-bond acceptors (Lipinski definition) is 4. The second-order valence-corrected chi connectivity index (χ2v) is 6.18. The minimum absolute atomic E-state index is 0.0389. The van der Waals surface area contributed by atoms with Crippen LogP contribution >= 0.6 is 0 Å². The lowest BCUT2D eigenvalue weighted by Crippen LogP contribution is -2.11. The molecule has 6 nitrogen and oxygen atoms in total. The fourth-order valence-electron chi connectivity index (χ4n) is 3.28. The molecular weight excluding hydrogens is 320 g/mol. The molecule has 1 aromatic heterocycles. The second kappa shape index (κ2) is 6.05. The van der Waals surface area contributed by atoms with Gasteiger partial charge in [0.1, 0.15) is 11.3 Å². The van der Waals surface area contributed by atoms with Gasteiger partial charge < -0.3 is 9.73 Å². The van der Waals surface area contributed by atoms with E-state index in [2.05, 4.69) is 5.32 Å². The van der Waals surface area contributed by atoms with E-state index in [4.69, 9.17) is 4.42 Å². The number of nitro groups is 1. The standard InChI is InChI=1S/C19H16N2O4/c22-19(12-5-8-14(9-6-12)21(23)24)20-13-7-10-18-16(11-13)15-3-1-2-4-17(15)25-18/h5-11H,1-4H2,(H,20,22). The van der Waals surface area contributed by atoms with Crippen LogP contribution in [-0.2, 0) is 12.8 Å². The maximum atomic E-state index is 12.4. The van der Waals surface area contributed by atoms with Crippen LogP contribution in [-0.4, -0.2) is 10.8 Å². The van der Waals surface area contributed by atoms with Crippen molar-refractivity contribution >= 4 is 28.3 Å². The number of fused-ring (bicyclic) bond motifs is 3. The smallest absolute Gasteiger partial charge is 0.269 e. The molecule has 4 rings (SSSR count). The largest absolute Gasteiger partial charge is 0.461 e. The highest BCUT2D eigenvalue weighted by molar-refractivity contribution is 6.05. The average molecular weight is 336 g/mol. The number of nitro benzene ring substituents is 1. The van der Waals surface area contributed by atoms with Crippen molar-refractivity contribution in [3.05, 3.63) is 69.5 Å². The number of benzene rings is 2. The summed E-state index contributed by atoms with van der Waals surface area (Å²) in [6.07, 6.45) is 4.27. The van der Waals surface area contributed by atoms with E-state index in [1.807, 2.05) is 12.1 Å². The predicted octanol–water partition coefficient (Wildman–Crippen LogP) is 4.47. The maximum Gasteiger partial charge on any atom is 0.269 e. The fraction of sp³-hybridized carbons (Fsp3) is 0.211. The normalized spacial score (nSPS) is 13.4. The number of nitrogens with one attached hydrogen (secondary N) is 1. The van der Waals surface area contributed by atoms with Crippen molar-refractivity contribution in [2.45, 2.75) is 25.7 Å². The summed E-state index contributed by atoms with van der Waals surface area (Å²) in [6.45, 7) is 0.